The predicted molar refractivity (Wildman–Crippen MR) is 61.7 cm³/mol. The molecule has 0 aromatic heterocycles. The molecule has 0 aromatic carbocycles. The van der Waals surface area contributed by atoms with E-state index in [0.29, 0.717) is 0 Å². The Morgan fingerprint density at radius 1 is 1.19 bits per heavy atom. The zero-order valence-corrected chi connectivity index (χ0v) is 9.69. The molecule has 4 N–H and O–H groups in total. The van der Waals surface area contributed by atoms with Gasteiger partial charge in [-0.1, -0.05) is 12.8 Å². The molecule has 4 heteroatoms. The van der Waals surface area contributed by atoms with Gasteiger partial charge in [-0.25, -0.2) is 0 Å². The molecule has 92 valence electrons. The van der Waals surface area contributed by atoms with E-state index in [9.17, 15) is 9.90 Å². The van der Waals surface area contributed by atoms with Crippen molar-refractivity contribution in [2.75, 3.05) is 0 Å². The number of hydrogen-bond donors (Lipinski definition) is 3. The molecule has 4 nitrogen and oxygen atoms in total. The first kappa shape index (κ1) is 11.9. The predicted octanol–water partition coefficient (Wildman–Crippen LogP) is 0.533. The molecule has 0 heterocycles. The maximum atomic E-state index is 11.9. The number of carbonyl (C=O) groups is 1. The molecule has 0 radical (unpaired) electrons. The number of rotatable bonds is 2. The fourth-order valence-corrected chi connectivity index (χ4v) is 2.83. The Hall–Kier alpha value is -0.610. The molecule has 0 bridgehead atoms. The van der Waals surface area contributed by atoms with Crippen LogP contribution in [0.3, 0.4) is 0 Å². The monoisotopic (exact) mass is 226 g/mol. The van der Waals surface area contributed by atoms with Crippen LogP contribution in [0, 0.1) is 5.92 Å². The smallest absolute Gasteiger partial charge is 0.223 e. The lowest BCUT2D eigenvalue weighted by Gasteiger charge is -2.29. The van der Waals surface area contributed by atoms with Crippen LogP contribution >= 0.6 is 0 Å². The van der Waals surface area contributed by atoms with Gasteiger partial charge < -0.3 is 16.2 Å². The first-order chi connectivity index (χ1) is 7.66. The van der Waals surface area contributed by atoms with Crippen molar-refractivity contribution in [2.45, 2.75) is 63.1 Å². The fraction of sp³-hybridized carbons (Fsp3) is 0.917. The minimum Gasteiger partial charge on any atom is -0.391 e. The Morgan fingerprint density at radius 3 is 2.56 bits per heavy atom. The average Bonchev–Trinajstić information content (AvgIpc) is 2.68. The normalized spacial score (nSPS) is 39.6. The lowest BCUT2D eigenvalue weighted by molar-refractivity contribution is -0.126. The van der Waals surface area contributed by atoms with Crippen LogP contribution in [-0.2, 0) is 4.79 Å². The highest BCUT2D eigenvalue weighted by molar-refractivity contribution is 5.79. The Morgan fingerprint density at radius 2 is 1.94 bits per heavy atom. The molecule has 16 heavy (non-hydrogen) atoms. The Labute approximate surface area is 96.6 Å². The van der Waals surface area contributed by atoms with Crippen LogP contribution in [0.15, 0.2) is 0 Å². The van der Waals surface area contributed by atoms with Gasteiger partial charge in [0, 0.05) is 12.0 Å². The highest BCUT2D eigenvalue weighted by Gasteiger charge is 2.31. The van der Waals surface area contributed by atoms with Crippen molar-refractivity contribution in [1.82, 2.24) is 5.32 Å². The van der Waals surface area contributed by atoms with Gasteiger partial charge >= 0.3 is 0 Å². The minimum atomic E-state index is -0.354. The zero-order valence-electron chi connectivity index (χ0n) is 9.69. The Balaban J connectivity index is 1.82. The summed E-state index contributed by atoms with van der Waals surface area (Å²) in [5.74, 6) is 0.169. The van der Waals surface area contributed by atoms with Crippen LogP contribution in [0.2, 0.25) is 0 Å². The third kappa shape index (κ3) is 2.74. The van der Waals surface area contributed by atoms with E-state index in [1.54, 1.807) is 0 Å². The van der Waals surface area contributed by atoms with E-state index in [1.165, 1.54) is 0 Å². The second kappa shape index (κ2) is 5.15. The third-order valence-electron chi connectivity index (χ3n) is 3.90. The third-order valence-corrected chi connectivity index (χ3v) is 3.90. The summed E-state index contributed by atoms with van der Waals surface area (Å²) in [6, 6.07) is 0.158. The van der Waals surface area contributed by atoms with Gasteiger partial charge in [-0.05, 0) is 32.1 Å². The van der Waals surface area contributed by atoms with Crippen LogP contribution in [-0.4, -0.2) is 29.2 Å². The molecule has 0 spiro atoms. The number of carbonyl (C=O) groups excluding carboxylic acids is 1. The lowest BCUT2D eigenvalue weighted by Crippen LogP contribution is -2.47. The van der Waals surface area contributed by atoms with Crippen molar-refractivity contribution in [2.24, 2.45) is 11.7 Å². The van der Waals surface area contributed by atoms with Crippen LogP contribution in [0.5, 0.6) is 0 Å². The van der Waals surface area contributed by atoms with Crippen LogP contribution in [0.4, 0.5) is 0 Å². The van der Waals surface area contributed by atoms with Crippen LogP contribution < -0.4 is 11.1 Å². The van der Waals surface area contributed by atoms with E-state index in [2.05, 4.69) is 5.32 Å². The van der Waals surface area contributed by atoms with Gasteiger partial charge in [-0.15, -0.1) is 0 Å². The molecule has 2 aliphatic rings. The number of nitrogens with two attached hydrogens (primary N) is 1. The van der Waals surface area contributed by atoms with Crippen LogP contribution in [0.1, 0.15) is 44.9 Å². The van der Waals surface area contributed by atoms with E-state index in [4.69, 9.17) is 5.73 Å². The molecule has 0 aliphatic heterocycles. The van der Waals surface area contributed by atoms with Gasteiger partial charge in [0.1, 0.15) is 0 Å². The van der Waals surface area contributed by atoms with E-state index < -0.39 is 0 Å². The maximum absolute atomic E-state index is 11.9. The van der Waals surface area contributed by atoms with Crippen LogP contribution in [0.25, 0.3) is 0 Å². The first-order valence-corrected chi connectivity index (χ1v) is 6.41. The average molecular weight is 226 g/mol. The van der Waals surface area contributed by atoms with E-state index in [-0.39, 0.29) is 30.0 Å². The number of hydrogen-bond acceptors (Lipinski definition) is 3. The molecule has 0 aromatic rings. The second-order valence-electron chi connectivity index (χ2n) is 5.24. The Kier molecular flexibility index (Phi) is 3.82. The van der Waals surface area contributed by atoms with Crippen molar-refractivity contribution < 1.29 is 9.90 Å². The van der Waals surface area contributed by atoms with E-state index in [1.807, 2.05) is 0 Å². The molecule has 0 saturated heterocycles. The standard InChI is InChI=1S/C12H22N2O2/c13-9-6-5-8(7-9)12(16)14-10-3-1-2-4-11(10)15/h8-11,15H,1-7,13H2,(H,14,16)/t8?,9?,10-,11-/m1/s1. The SMILES string of the molecule is NC1CCC(C(=O)N[C@@H]2CCCC[C@H]2O)C1. The number of aliphatic hydroxyl groups is 1. The van der Waals surface area contributed by atoms with Crippen molar-refractivity contribution in [3.05, 3.63) is 0 Å². The second-order valence-corrected chi connectivity index (χ2v) is 5.24. The summed E-state index contributed by atoms with van der Waals surface area (Å²) in [5.41, 5.74) is 5.79. The molecule has 2 aliphatic carbocycles. The molecule has 2 unspecified atom stereocenters. The van der Waals surface area contributed by atoms with Gasteiger partial charge in [0.2, 0.25) is 5.91 Å². The lowest BCUT2D eigenvalue weighted by atomic mass is 9.92. The molecule has 2 saturated carbocycles. The minimum absolute atomic E-state index is 0.0296. The van der Waals surface area contributed by atoms with Gasteiger partial charge in [-0.2, -0.15) is 0 Å². The topological polar surface area (TPSA) is 75.4 Å². The van der Waals surface area contributed by atoms with Gasteiger partial charge in [0.25, 0.3) is 0 Å². The molecule has 2 rings (SSSR count). The Bertz CT molecular complexity index is 257. The van der Waals surface area contributed by atoms with Gasteiger partial charge in [0.15, 0.2) is 0 Å². The summed E-state index contributed by atoms with van der Waals surface area (Å²) in [6.45, 7) is 0. The highest BCUT2D eigenvalue weighted by atomic mass is 16.3. The summed E-state index contributed by atoms with van der Waals surface area (Å²) in [4.78, 5) is 11.9. The summed E-state index contributed by atoms with van der Waals surface area (Å²) >= 11 is 0. The van der Waals surface area contributed by atoms with E-state index >= 15 is 0 Å². The maximum Gasteiger partial charge on any atom is 0.223 e. The number of amides is 1. The summed E-state index contributed by atoms with van der Waals surface area (Å²) in [5, 5.41) is 12.8. The molecular formula is C12H22N2O2. The van der Waals surface area contributed by atoms with E-state index in [0.717, 1.165) is 44.9 Å². The number of aliphatic hydroxyl groups excluding tert-OH is 1. The molecule has 4 atom stereocenters. The highest BCUT2D eigenvalue weighted by Crippen LogP contribution is 2.25. The molecule has 2 fully saturated rings. The van der Waals surface area contributed by atoms with Gasteiger partial charge in [0.05, 0.1) is 12.1 Å². The van der Waals surface area contributed by atoms with Crippen molar-refractivity contribution in [3.8, 4) is 0 Å². The molecule has 1 amide bonds. The summed E-state index contributed by atoms with van der Waals surface area (Å²) in [7, 11) is 0. The number of nitrogens with one attached hydrogen (secondary N) is 1. The molecular weight excluding hydrogens is 204 g/mol. The van der Waals surface area contributed by atoms with Crippen molar-refractivity contribution >= 4 is 5.91 Å². The van der Waals surface area contributed by atoms with Crippen molar-refractivity contribution in [3.63, 3.8) is 0 Å². The quantitative estimate of drug-likeness (QED) is 0.643. The first-order valence-electron chi connectivity index (χ1n) is 6.41. The van der Waals surface area contributed by atoms with Crippen molar-refractivity contribution in [1.29, 1.82) is 0 Å². The zero-order chi connectivity index (χ0) is 11.5. The fourth-order valence-electron chi connectivity index (χ4n) is 2.83. The van der Waals surface area contributed by atoms with Gasteiger partial charge in [-0.3, -0.25) is 4.79 Å². The summed E-state index contributed by atoms with van der Waals surface area (Å²) in [6.07, 6.45) is 6.19. The largest absolute Gasteiger partial charge is 0.391 e. The summed E-state index contributed by atoms with van der Waals surface area (Å²) < 4.78 is 0.